The summed E-state index contributed by atoms with van der Waals surface area (Å²) in [5.74, 6) is 1.37. The zero-order valence-electron chi connectivity index (χ0n) is 17.4. The standard InChI is InChI=1S/C23H20BrN5O2/c1-4-30-14-29(19-7-5-17(11-25)6-8-19)23-27-13-20(24)22(28-23)31-21-15(2)9-18(12-26)10-16(21)3/h5-10,13H,4,14H2,1-3H3. The van der Waals surface area contributed by atoms with Gasteiger partial charge >= 0.3 is 0 Å². The first-order valence-corrected chi connectivity index (χ1v) is 10.3. The Morgan fingerprint density at radius 3 is 2.26 bits per heavy atom. The van der Waals surface area contributed by atoms with Crippen LogP contribution in [-0.4, -0.2) is 23.3 Å². The lowest BCUT2D eigenvalue weighted by Gasteiger charge is -2.23. The summed E-state index contributed by atoms with van der Waals surface area (Å²) in [6.07, 6.45) is 1.62. The second kappa shape index (κ2) is 10.0. The normalized spacial score (nSPS) is 10.3. The lowest BCUT2D eigenvalue weighted by Crippen LogP contribution is -2.23. The van der Waals surface area contributed by atoms with Crippen molar-refractivity contribution in [3.8, 4) is 23.8 Å². The third-order valence-corrected chi connectivity index (χ3v) is 5.01. The molecular weight excluding hydrogens is 458 g/mol. The summed E-state index contributed by atoms with van der Waals surface area (Å²) >= 11 is 3.45. The van der Waals surface area contributed by atoms with Crippen molar-refractivity contribution in [3.63, 3.8) is 0 Å². The quantitative estimate of drug-likeness (QED) is 0.413. The number of nitrogens with zero attached hydrogens (tertiary/aromatic N) is 5. The predicted molar refractivity (Wildman–Crippen MR) is 120 cm³/mol. The number of aromatic nitrogens is 2. The topological polar surface area (TPSA) is 95.1 Å². The van der Waals surface area contributed by atoms with Gasteiger partial charge in [0.1, 0.15) is 12.5 Å². The number of nitriles is 2. The van der Waals surface area contributed by atoms with Crippen LogP contribution in [0.15, 0.2) is 47.1 Å². The van der Waals surface area contributed by atoms with Crippen LogP contribution in [0.25, 0.3) is 0 Å². The Balaban J connectivity index is 1.99. The van der Waals surface area contributed by atoms with E-state index in [1.54, 1.807) is 35.4 Å². The summed E-state index contributed by atoms with van der Waals surface area (Å²) in [5.41, 5.74) is 3.59. The van der Waals surface area contributed by atoms with Crippen molar-refractivity contribution in [2.45, 2.75) is 20.8 Å². The van der Waals surface area contributed by atoms with Crippen LogP contribution in [0.2, 0.25) is 0 Å². The third-order valence-electron chi connectivity index (χ3n) is 4.46. The van der Waals surface area contributed by atoms with Crippen molar-refractivity contribution >= 4 is 27.6 Å². The van der Waals surface area contributed by atoms with Gasteiger partial charge in [-0.25, -0.2) is 4.98 Å². The zero-order valence-corrected chi connectivity index (χ0v) is 19.0. The molecular formula is C23H20BrN5O2. The molecule has 0 saturated carbocycles. The van der Waals surface area contributed by atoms with Gasteiger partial charge in [0.15, 0.2) is 0 Å². The number of benzene rings is 2. The van der Waals surface area contributed by atoms with E-state index in [9.17, 15) is 0 Å². The molecule has 0 aliphatic carbocycles. The van der Waals surface area contributed by atoms with Crippen LogP contribution in [0.5, 0.6) is 11.6 Å². The minimum Gasteiger partial charge on any atom is -0.437 e. The smallest absolute Gasteiger partial charge is 0.238 e. The molecule has 0 N–H and O–H groups in total. The maximum atomic E-state index is 9.17. The number of ether oxygens (including phenoxy) is 2. The van der Waals surface area contributed by atoms with E-state index in [0.717, 1.165) is 16.8 Å². The van der Waals surface area contributed by atoms with Crippen LogP contribution < -0.4 is 9.64 Å². The van der Waals surface area contributed by atoms with Crippen LogP contribution in [0.3, 0.4) is 0 Å². The van der Waals surface area contributed by atoms with Crippen molar-refractivity contribution in [1.82, 2.24) is 9.97 Å². The molecule has 0 amide bonds. The number of hydrogen-bond donors (Lipinski definition) is 0. The van der Waals surface area contributed by atoms with E-state index < -0.39 is 0 Å². The molecule has 31 heavy (non-hydrogen) atoms. The van der Waals surface area contributed by atoms with Gasteiger partial charge < -0.3 is 9.47 Å². The van der Waals surface area contributed by atoms with Crippen LogP contribution in [0.4, 0.5) is 11.6 Å². The van der Waals surface area contributed by atoms with Crippen molar-refractivity contribution in [3.05, 3.63) is 69.3 Å². The van der Waals surface area contributed by atoms with Crippen molar-refractivity contribution < 1.29 is 9.47 Å². The van der Waals surface area contributed by atoms with E-state index in [4.69, 9.17) is 20.0 Å². The fourth-order valence-electron chi connectivity index (χ4n) is 2.96. The summed E-state index contributed by atoms with van der Waals surface area (Å²) < 4.78 is 12.3. The van der Waals surface area contributed by atoms with Crippen LogP contribution in [-0.2, 0) is 4.74 Å². The number of aryl methyl sites for hydroxylation is 2. The molecule has 1 aromatic heterocycles. The monoisotopic (exact) mass is 477 g/mol. The molecule has 0 unspecified atom stereocenters. The number of halogens is 1. The SMILES string of the molecule is CCOCN(c1ccc(C#N)cc1)c1ncc(Br)c(Oc2c(C)cc(C#N)cc2C)n1. The number of rotatable bonds is 7. The summed E-state index contributed by atoms with van der Waals surface area (Å²) in [6.45, 7) is 6.44. The van der Waals surface area contributed by atoms with Crippen molar-refractivity contribution in [2.24, 2.45) is 0 Å². The van der Waals surface area contributed by atoms with E-state index in [1.807, 2.05) is 32.9 Å². The van der Waals surface area contributed by atoms with Gasteiger partial charge in [0, 0.05) is 12.3 Å². The average Bonchev–Trinajstić information content (AvgIpc) is 2.78. The number of hydrogen-bond acceptors (Lipinski definition) is 7. The van der Waals surface area contributed by atoms with E-state index >= 15 is 0 Å². The lowest BCUT2D eigenvalue weighted by molar-refractivity contribution is 0.153. The highest BCUT2D eigenvalue weighted by Crippen LogP contribution is 2.34. The second-order valence-electron chi connectivity index (χ2n) is 6.68. The molecule has 8 heteroatoms. The Labute approximate surface area is 189 Å². The van der Waals surface area contributed by atoms with Gasteiger partial charge in [-0.2, -0.15) is 15.5 Å². The number of anilines is 2. The lowest BCUT2D eigenvalue weighted by atomic mass is 10.1. The van der Waals surface area contributed by atoms with Crippen LogP contribution in [0, 0.1) is 36.5 Å². The molecule has 3 aromatic rings. The molecule has 0 radical (unpaired) electrons. The van der Waals surface area contributed by atoms with E-state index in [-0.39, 0.29) is 6.73 Å². The average molecular weight is 478 g/mol. The fraction of sp³-hybridized carbons (Fsp3) is 0.217. The fourth-order valence-corrected chi connectivity index (χ4v) is 3.24. The van der Waals surface area contributed by atoms with Gasteiger partial charge in [0.05, 0.1) is 33.9 Å². The summed E-state index contributed by atoms with van der Waals surface area (Å²) in [6, 6.07) is 14.9. The molecule has 0 aliphatic heterocycles. The molecule has 0 spiro atoms. The molecule has 0 bridgehead atoms. The first kappa shape index (κ1) is 22.2. The van der Waals surface area contributed by atoms with Crippen molar-refractivity contribution in [2.75, 3.05) is 18.2 Å². The van der Waals surface area contributed by atoms with Crippen LogP contribution >= 0.6 is 15.9 Å². The molecule has 2 aromatic carbocycles. The largest absolute Gasteiger partial charge is 0.437 e. The van der Waals surface area contributed by atoms with Gasteiger partial charge in [0.25, 0.3) is 0 Å². The Morgan fingerprint density at radius 1 is 1.03 bits per heavy atom. The maximum Gasteiger partial charge on any atom is 0.238 e. The molecule has 0 atom stereocenters. The van der Waals surface area contributed by atoms with E-state index in [1.165, 1.54) is 0 Å². The Morgan fingerprint density at radius 2 is 1.68 bits per heavy atom. The molecule has 3 rings (SSSR count). The van der Waals surface area contributed by atoms with E-state index in [2.05, 4.69) is 38.0 Å². The molecule has 0 fully saturated rings. The maximum absolute atomic E-state index is 9.17. The second-order valence-corrected chi connectivity index (χ2v) is 7.54. The minimum absolute atomic E-state index is 0.235. The van der Waals surface area contributed by atoms with Crippen molar-refractivity contribution in [1.29, 1.82) is 10.5 Å². The first-order valence-electron chi connectivity index (χ1n) is 9.54. The predicted octanol–water partition coefficient (Wildman–Crippen LogP) is 5.52. The molecule has 0 aliphatic rings. The highest BCUT2D eigenvalue weighted by atomic mass is 79.9. The zero-order chi connectivity index (χ0) is 22.4. The minimum atomic E-state index is 0.235. The van der Waals surface area contributed by atoms with Gasteiger partial charge in [-0.1, -0.05) is 0 Å². The molecule has 7 nitrogen and oxygen atoms in total. The van der Waals surface area contributed by atoms with Crippen LogP contribution in [0.1, 0.15) is 29.2 Å². The third kappa shape index (κ3) is 5.18. The highest BCUT2D eigenvalue weighted by molar-refractivity contribution is 9.10. The molecule has 0 saturated heterocycles. The Bertz CT molecular complexity index is 1140. The first-order chi connectivity index (χ1) is 15.0. The van der Waals surface area contributed by atoms with Gasteiger partial charge in [-0.05, 0) is 84.2 Å². The molecule has 1 heterocycles. The van der Waals surface area contributed by atoms with Gasteiger partial charge in [-0.3, -0.25) is 4.90 Å². The van der Waals surface area contributed by atoms with Gasteiger partial charge in [-0.15, -0.1) is 0 Å². The highest BCUT2D eigenvalue weighted by Gasteiger charge is 2.17. The molecule has 156 valence electrons. The summed E-state index contributed by atoms with van der Waals surface area (Å²) in [5, 5.41) is 18.2. The van der Waals surface area contributed by atoms with E-state index in [0.29, 0.717) is 39.8 Å². The Kier molecular flexibility index (Phi) is 7.19. The summed E-state index contributed by atoms with van der Waals surface area (Å²) in [7, 11) is 0. The Hall–Kier alpha value is -3.46. The van der Waals surface area contributed by atoms with Gasteiger partial charge in [0.2, 0.25) is 11.8 Å². The summed E-state index contributed by atoms with van der Waals surface area (Å²) in [4.78, 5) is 10.8.